The van der Waals surface area contributed by atoms with Gasteiger partial charge in [-0.2, -0.15) is 0 Å². The fourth-order valence-corrected chi connectivity index (χ4v) is 0.261. The standard InChI is InChI=1S/3CO.NO3.Ru/c3*1-2;2-1(3)4;/q;;;-1;+1. The Balaban J connectivity index is 0. The Morgan fingerprint density at radius 1 is 1.00 bits per heavy atom. The van der Waals surface area contributed by atoms with Crippen LogP contribution in [-0.4, -0.2) is 18.5 Å². The van der Waals surface area contributed by atoms with Gasteiger partial charge in [-0.05, 0) is 0 Å². The molecule has 0 heterocycles. The van der Waals surface area contributed by atoms with Gasteiger partial charge >= 0.3 is 42.4 Å². The third-order valence-electron chi connectivity index (χ3n) is 0.217. The molecule has 0 aliphatic carbocycles. The Kier molecular flexibility index (Phi) is 9.54. The van der Waals surface area contributed by atoms with Crippen molar-refractivity contribution in [1.82, 2.24) is 0 Å². The van der Waals surface area contributed by atoms with Crippen LogP contribution in [0.4, 0.5) is 0 Å². The van der Waals surface area contributed by atoms with E-state index in [1.54, 1.807) is 0 Å². The van der Waals surface area contributed by atoms with E-state index in [1.165, 1.54) is 13.4 Å². The minimum Gasteiger partial charge on any atom is -0.356 e. The van der Waals surface area contributed by atoms with Crippen molar-refractivity contribution in [2.75, 3.05) is 0 Å². The van der Waals surface area contributed by atoms with Gasteiger partial charge in [0.25, 0.3) is 0 Å². The maximum absolute atomic E-state index is 9.38. The van der Waals surface area contributed by atoms with E-state index in [0.717, 1.165) is 0 Å². The van der Waals surface area contributed by atoms with Crippen molar-refractivity contribution in [1.29, 1.82) is 0 Å². The van der Waals surface area contributed by atoms with Crippen molar-refractivity contribution >= 4 is 13.4 Å². The van der Waals surface area contributed by atoms with E-state index >= 15 is 0 Å². The van der Waals surface area contributed by atoms with E-state index < -0.39 is 19.7 Å². The zero-order chi connectivity index (χ0) is 9.28. The van der Waals surface area contributed by atoms with Crippen molar-refractivity contribution in [3.05, 3.63) is 15.3 Å². The summed E-state index contributed by atoms with van der Waals surface area (Å²) in [5, 5.41) is 14.8. The molecule has 0 rings (SSSR count). The molecule has 0 aromatic rings. The van der Waals surface area contributed by atoms with Crippen LogP contribution in [0.5, 0.6) is 0 Å². The van der Waals surface area contributed by atoms with Crippen LogP contribution in [0.3, 0.4) is 0 Å². The fourth-order valence-electron chi connectivity index (χ4n) is 0.0442. The molecule has 0 fully saturated rings. The minimum absolute atomic E-state index is 1.25. The minimum atomic E-state index is -2.62. The predicted molar refractivity (Wildman–Crippen MR) is 27.4 cm³/mol. The molecule has 0 unspecified atom stereocenters. The topological polar surface area (TPSA) is 117 Å². The van der Waals surface area contributed by atoms with E-state index in [-0.39, 0.29) is 0 Å². The largest absolute Gasteiger partial charge is 0.356 e. The summed E-state index contributed by atoms with van der Waals surface area (Å²) < 4.78 is 3.74. The second-order valence-corrected chi connectivity index (χ2v) is 3.07. The van der Waals surface area contributed by atoms with Gasteiger partial charge < -0.3 is 15.3 Å². The summed E-state index contributed by atoms with van der Waals surface area (Å²) in [5.41, 5.74) is 0. The Morgan fingerprint density at radius 2 is 1.18 bits per heavy atom. The summed E-state index contributed by atoms with van der Waals surface area (Å²) >= 11 is -2.62. The van der Waals surface area contributed by atoms with Crippen LogP contribution in [0.1, 0.15) is 0 Å². The van der Waals surface area contributed by atoms with Crippen molar-refractivity contribution < 1.29 is 34.1 Å². The van der Waals surface area contributed by atoms with Crippen LogP contribution < -0.4 is 0 Å². The van der Waals surface area contributed by atoms with E-state index in [4.69, 9.17) is 15.3 Å². The molecule has 11 heavy (non-hydrogen) atoms. The molecule has 0 aliphatic heterocycles. The summed E-state index contributed by atoms with van der Waals surface area (Å²) in [6, 6.07) is 0. The molecule has 0 radical (unpaired) electrons. The van der Waals surface area contributed by atoms with Crippen LogP contribution in [-0.2, 0) is 29.0 Å². The smallest absolute Gasteiger partial charge is 0.0689 e. The maximum Gasteiger partial charge on any atom is 0.0689 e. The summed E-state index contributed by atoms with van der Waals surface area (Å²) in [6.07, 6.45) is 0. The monoisotopic (exact) mass is 248 g/mol. The van der Waals surface area contributed by atoms with Gasteiger partial charge in [-0.25, -0.2) is 0 Å². The van der Waals surface area contributed by atoms with Crippen molar-refractivity contribution in [2.45, 2.75) is 0 Å². The number of nitrogens with zero attached hydrogens (tertiary/aromatic N) is 1. The normalized spacial score (nSPS) is 5.45. The predicted octanol–water partition coefficient (Wildman–Crippen LogP) is -1.43. The van der Waals surface area contributed by atoms with Gasteiger partial charge in [0, 0.05) is 0 Å². The molecule has 0 spiro atoms. The zero-order valence-corrected chi connectivity index (χ0v) is 6.49. The number of hydrogen-bond donors (Lipinski definition) is 0. The van der Waals surface area contributed by atoms with E-state index in [1.807, 2.05) is 0 Å². The fraction of sp³-hybridized carbons (Fsp3) is 0. The molecule has 0 aliphatic rings. The first-order chi connectivity index (χ1) is 5.08. The van der Waals surface area contributed by atoms with Gasteiger partial charge in [0.2, 0.25) is 0 Å². The molecule has 0 saturated heterocycles. The second-order valence-electron chi connectivity index (χ2n) is 0.705. The van der Waals surface area contributed by atoms with Gasteiger partial charge in [0.15, 0.2) is 0 Å². The SMILES string of the molecule is O=[C]=[Ru+](=[C]=O)=[C]=O.O=[N+]([O-])[O-]. The number of rotatable bonds is 0. The molecule has 0 aromatic heterocycles. The Labute approximate surface area is 63.4 Å². The molecule has 0 amide bonds. The van der Waals surface area contributed by atoms with Crippen molar-refractivity contribution in [2.24, 2.45) is 0 Å². The summed E-state index contributed by atoms with van der Waals surface area (Å²) in [7, 11) is 0. The van der Waals surface area contributed by atoms with Crippen molar-refractivity contribution in [3.8, 4) is 0 Å². The van der Waals surface area contributed by atoms with Crippen molar-refractivity contribution in [3.63, 3.8) is 0 Å². The average molecular weight is 247 g/mol. The third kappa shape index (κ3) is 17.7. The van der Waals surface area contributed by atoms with E-state index in [0.29, 0.717) is 0 Å². The van der Waals surface area contributed by atoms with Crippen LogP contribution in [0.25, 0.3) is 0 Å². The molecule has 0 N–H and O–H groups in total. The average Bonchev–Trinajstić information content (AvgIpc) is 1.90. The van der Waals surface area contributed by atoms with Crippen LogP contribution >= 0.6 is 0 Å². The first kappa shape index (κ1) is 12.3. The van der Waals surface area contributed by atoms with Crippen LogP contribution in [0.15, 0.2) is 0 Å². The third-order valence-corrected chi connectivity index (χ3v) is 1.28. The molecule has 0 atom stereocenters. The van der Waals surface area contributed by atoms with Gasteiger partial charge in [-0.1, -0.05) is 0 Å². The van der Waals surface area contributed by atoms with Gasteiger partial charge in [0.05, 0.1) is 5.09 Å². The van der Waals surface area contributed by atoms with Crippen LogP contribution in [0, 0.1) is 15.3 Å². The zero-order valence-electron chi connectivity index (χ0n) is 4.75. The molecule has 8 heteroatoms. The molecule has 0 aromatic carbocycles. The Morgan fingerprint density at radius 3 is 1.18 bits per heavy atom. The maximum atomic E-state index is 9.38. The van der Waals surface area contributed by atoms with E-state index in [2.05, 4.69) is 0 Å². The molecule has 7 nitrogen and oxygen atoms in total. The van der Waals surface area contributed by atoms with Gasteiger partial charge in [-0.3, -0.25) is 0 Å². The second kappa shape index (κ2) is 8.56. The molecule has 0 bridgehead atoms. The van der Waals surface area contributed by atoms with Gasteiger partial charge in [0.1, 0.15) is 0 Å². The number of hydrogen-bond acceptors (Lipinski definition) is 6. The summed E-state index contributed by atoms with van der Waals surface area (Å²) in [4.78, 5) is 36.4. The Bertz CT molecular complexity index is 286. The Hall–Kier alpha value is -1.44. The van der Waals surface area contributed by atoms with Crippen LogP contribution in [0.2, 0.25) is 0 Å². The number of carbonyl (C=O) groups excluding carboxylic acids is 3. The molecular formula is C3NO6Ru. The first-order valence-electron chi connectivity index (χ1n) is 1.69. The molecular weight excluding hydrogens is 247 g/mol. The first-order valence-corrected chi connectivity index (χ1v) is 4.30. The summed E-state index contributed by atoms with van der Waals surface area (Å²) in [6.45, 7) is 0. The molecule has 0 saturated carbocycles. The molecule has 61 valence electrons. The van der Waals surface area contributed by atoms with E-state index in [9.17, 15) is 14.4 Å². The quantitative estimate of drug-likeness (QED) is 0.294. The van der Waals surface area contributed by atoms with Gasteiger partial charge in [-0.15, -0.1) is 0 Å². The summed E-state index contributed by atoms with van der Waals surface area (Å²) in [5.74, 6) is 0.